The molecular formula is C11H17NO2. The van der Waals surface area contributed by atoms with Gasteiger partial charge in [0.25, 0.3) is 0 Å². The van der Waals surface area contributed by atoms with E-state index >= 15 is 0 Å². The van der Waals surface area contributed by atoms with Crippen LogP contribution in [0.5, 0.6) is 0 Å². The number of amides is 2. The van der Waals surface area contributed by atoms with Crippen LogP contribution < -0.4 is 0 Å². The Morgan fingerprint density at radius 3 is 2.50 bits per heavy atom. The van der Waals surface area contributed by atoms with Gasteiger partial charge in [-0.3, -0.25) is 14.5 Å². The van der Waals surface area contributed by atoms with Gasteiger partial charge in [0, 0.05) is 13.0 Å². The Morgan fingerprint density at radius 2 is 1.93 bits per heavy atom. The van der Waals surface area contributed by atoms with E-state index in [1.165, 1.54) is 4.90 Å². The Hall–Kier alpha value is -0.860. The van der Waals surface area contributed by atoms with Crippen molar-refractivity contribution in [2.45, 2.75) is 45.4 Å². The molecule has 1 saturated carbocycles. The van der Waals surface area contributed by atoms with Gasteiger partial charge in [0.2, 0.25) is 11.8 Å². The average Bonchev–Trinajstić information content (AvgIpc) is 2.69. The lowest BCUT2D eigenvalue weighted by atomic mass is 9.84. The van der Waals surface area contributed by atoms with Crippen LogP contribution in [0, 0.1) is 5.41 Å². The highest BCUT2D eigenvalue weighted by molar-refractivity contribution is 6.06. The van der Waals surface area contributed by atoms with E-state index < -0.39 is 0 Å². The molecule has 0 N–H and O–H groups in total. The summed E-state index contributed by atoms with van der Waals surface area (Å²) in [5.74, 6) is 0.167. The highest BCUT2D eigenvalue weighted by Crippen LogP contribution is 2.46. The third kappa shape index (κ3) is 1.26. The highest BCUT2D eigenvalue weighted by atomic mass is 16.2. The number of imide groups is 1. The zero-order valence-corrected chi connectivity index (χ0v) is 8.71. The lowest BCUT2D eigenvalue weighted by Gasteiger charge is -2.20. The topological polar surface area (TPSA) is 37.4 Å². The normalized spacial score (nSPS) is 25.4. The van der Waals surface area contributed by atoms with Crippen molar-refractivity contribution in [3.63, 3.8) is 0 Å². The number of hydrogen-bond donors (Lipinski definition) is 0. The molecule has 14 heavy (non-hydrogen) atoms. The molecule has 78 valence electrons. The van der Waals surface area contributed by atoms with Crippen LogP contribution in [-0.2, 0) is 9.59 Å². The molecule has 1 aliphatic carbocycles. The van der Waals surface area contributed by atoms with Crippen LogP contribution in [0.4, 0.5) is 0 Å². The van der Waals surface area contributed by atoms with E-state index in [4.69, 9.17) is 0 Å². The minimum Gasteiger partial charge on any atom is -0.282 e. The van der Waals surface area contributed by atoms with Crippen LogP contribution >= 0.6 is 0 Å². The van der Waals surface area contributed by atoms with Crippen molar-refractivity contribution in [3.8, 4) is 0 Å². The van der Waals surface area contributed by atoms with Gasteiger partial charge in [-0.15, -0.1) is 0 Å². The Morgan fingerprint density at radius 1 is 1.29 bits per heavy atom. The van der Waals surface area contributed by atoms with E-state index in [1.807, 2.05) is 6.92 Å². The van der Waals surface area contributed by atoms with E-state index in [9.17, 15) is 9.59 Å². The Bertz CT molecular complexity index is 266. The fraction of sp³-hybridized carbons (Fsp3) is 0.818. The zero-order chi connectivity index (χ0) is 10.2. The van der Waals surface area contributed by atoms with Crippen LogP contribution in [0.15, 0.2) is 0 Å². The maximum Gasteiger partial charge on any atom is 0.235 e. The summed E-state index contributed by atoms with van der Waals surface area (Å²) in [5.41, 5.74) is -0.272. The maximum absolute atomic E-state index is 12.0. The first kappa shape index (κ1) is 9.69. The number of nitrogens with zero attached hydrogens (tertiary/aromatic N) is 1. The van der Waals surface area contributed by atoms with Crippen molar-refractivity contribution in [3.05, 3.63) is 0 Å². The number of likely N-dealkylation sites (tertiary alicyclic amines) is 1. The summed E-state index contributed by atoms with van der Waals surface area (Å²) in [6, 6.07) is 0. The molecule has 0 aromatic heterocycles. The van der Waals surface area contributed by atoms with Gasteiger partial charge in [0.15, 0.2) is 0 Å². The summed E-state index contributed by atoms with van der Waals surface area (Å²) in [4.78, 5) is 25.2. The van der Waals surface area contributed by atoms with Crippen LogP contribution in [-0.4, -0.2) is 23.3 Å². The van der Waals surface area contributed by atoms with E-state index in [-0.39, 0.29) is 17.2 Å². The first-order chi connectivity index (χ1) is 6.69. The molecule has 2 aliphatic rings. The minimum atomic E-state index is -0.272. The number of carbonyl (C=O) groups is 2. The van der Waals surface area contributed by atoms with E-state index in [0.717, 1.165) is 32.1 Å². The molecule has 2 rings (SSSR count). The summed E-state index contributed by atoms with van der Waals surface area (Å²) >= 11 is 0. The van der Waals surface area contributed by atoms with Crippen molar-refractivity contribution in [1.29, 1.82) is 0 Å². The highest BCUT2D eigenvalue weighted by Gasteiger charge is 2.51. The summed E-state index contributed by atoms with van der Waals surface area (Å²) in [7, 11) is 0. The van der Waals surface area contributed by atoms with Crippen molar-refractivity contribution in [2.75, 3.05) is 6.54 Å². The standard InChI is InChI=1S/C11H17NO2/c1-2-7-12-9(13)8-11(10(12)14)5-3-4-6-11/h2-8H2,1H3. The predicted octanol–water partition coefficient (Wildman–Crippen LogP) is 1.72. The lowest BCUT2D eigenvalue weighted by Crippen LogP contribution is -2.34. The van der Waals surface area contributed by atoms with Crippen LogP contribution in [0.2, 0.25) is 0 Å². The fourth-order valence-electron chi connectivity index (χ4n) is 2.75. The van der Waals surface area contributed by atoms with E-state index in [0.29, 0.717) is 13.0 Å². The van der Waals surface area contributed by atoms with Crippen LogP contribution in [0.25, 0.3) is 0 Å². The molecule has 0 aromatic rings. The molecule has 0 radical (unpaired) electrons. The molecule has 3 heteroatoms. The Labute approximate surface area is 84.5 Å². The second-order valence-corrected chi connectivity index (χ2v) is 4.51. The second-order valence-electron chi connectivity index (χ2n) is 4.51. The SMILES string of the molecule is CCCN1C(=O)CC2(CCCC2)C1=O. The van der Waals surface area contributed by atoms with Gasteiger partial charge in [0.1, 0.15) is 0 Å². The fourth-order valence-corrected chi connectivity index (χ4v) is 2.75. The third-order valence-electron chi connectivity index (χ3n) is 3.50. The summed E-state index contributed by atoms with van der Waals surface area (Å²) in [6.07, 6.45) is 5.42. The average molecular weight is 195 g/mol. The molecule has 0 unspecified atom stereocenters. The van der Waals surface area contributed by atoms with Crippen molar-refractivity contribution < 1.29 is 9.59 Å². The van der Waals surface area contributed by atoms with Crippen molar-refractivity contribution in [2.24, 2.45) is 5.41 Å². The van der Waals surface area contributed by atoms with Gasteiger partial charge in [0.05, 0.1) is 5.41 Å². The molecular weight excluding hydrogens is 178 g/mol. The van der Waals surface area contributed by atoms with Crippen molar-refractivity contribution >= 4 is 11.8 Å². The summed E-state index contributed by atoms with van der Waals surface area (Å²) in [5, 5.41) is 0. The molecule has 0 bridgehead atoms. The van der Waals surface area contributed by atoms with Gasteiger partial charge in [-0.1, -0.05) is 19.8 Å². The molecule has 2 amide bonds. The molecule has 1 aliphatic heterocycles. The quantitative estimate of drug-likeness (QED) is 0.629. The third-order valence-corrected chi connectivity index (χ3v) is 3.50. The van der Waals surface area contributed by atoms with E-state index in [2.05, 4.69) is 0 Å². The zero-order valence-electron chi connectivity index (χ0n) is 8.71. The predicted molar refractivity (Wildman–Crippen MR) is 52.5 cm³/mol. The smallest absolute Gasteiger partial charge is 0.235 e. The van der Waals surface area contributed by atoms with E-state index in [1.54, 1.807) is 0 Å². The molecule has 1 heterocycles. The second kappa shape index (κ2) is 3.37. The molecule has 0 aromatic carbocycles. The minimum absolute atomic E-state index is 0.0544. The van der Waals surface area contributed by atoms with Gasteiger partial charge in [-0.25, -0.2) is 0 Å². The molecule has 1 spiro atoms. The van der Waals surface area contributed by atoms with Gasteiger partial charge >= 0.3 is 0 Å². The number of hydrogen-bond acceptors (Lipinski definition) is 2. The van der Waals surface area contributed by atoms with Gasteiger partial charge in [-0.2, -0.15) is 0 Å². The lowest BCUT2D eigenvalue weighted by molar-refractivity contribution is -0.141. The maximum atomic E-state index is 12.0. The number of rotatable bonds is 2. The van der Waals surface area contributed by atoms with Crippen molar-refractivity contribution in [1.82, 2.24) is 4.90 Å². The Balaban J connectivity index is 2.18. The van der Waals surface area contributed by atoms with Gasteiger partial charge in [-0.05, 0) is 19.3 Å². The molecule has 0 atom stereocenters. The first-order valence-corrected chi connectivity index (χ1v) is 5.54. The summed E-state index contributed by atoms with van der Waals surface area (Å²) < 4.78 is 0. The molecule has 1 saturated heterocycles. The Kier molecular flexibility index (Phi) is 2.33. The largest absolute Gasteiger partial charge is 0.282 e. The molecule has 3 nitrogen and oxygen atoms in total. The number of carbonyl (C=O) groups excluding carboxylic acids is 2. The first-order valence-electron chi connectivity index (χ1n) is 5.54. The summed E-state index contributed by atoms with van der Waals surface area (Å²) in [6.45, 7) is 2.61. The monoisotopic (exact) mass is 195 g/mol. The van der Waals surface area contributed by atoms with Crippen LogP contribution in [0.3, 0.4) is 0 Å². The van der Waals surface area contributed by atoms with Gasteiger partial charge < -0.3 is 0 Å². The molecule has 2 fully saturated rings. The van der Waals surface area contributed by atoms with Crippen LogP contribution in [0.1, 0.15) is 45.4 Å².